The number of nitrogens with zero attached hydrogens (tertiary/aromatic N) is 3. The van der Waals surface area contributed by atoms with Crippen molar-refractivity contribution < 1.29 is 22.0 Å². The molecule has 0 aliphatic carbocycles. The van der Waals surface area contributed by atoms with Gasteiger partial charge in [0.05, 0.1) is 0 Å². The summed E-state index contributed by atoms with van der Waals surface area (Å²) in [7, 11) is 0. The maximum Gasteiger partial charge on any atom is 0.475 e. The summed E-state index contributed by atoms with van der Waals surface area (Å²) in [6.07, 6.45) is -7.70. The smallest absolute Gasteiger partial charge is 0.270 e. The van der Waals surface area contributed by atoms with Crippen molar-refractivity contribution in [3.8, 4) is 0 Å². The molecule has 0 amide bonds. The summed E-state index contributed by atoms with van der Waals surface area (Å²) in [5, 5.41) is 4.14. The van der Waals surface area contributed by atoms with E-state index in [-0.39, 0.29) is 12.9 Å². The first-order valence-electron chi connectivity index (χ1n) is 5.16. The molecule has 0 aromatic heterocycles. The minimum atomic E-state index is -5.90. The highest BCUT2D eigenvalue weighted by Crippen LogP contribution is 2.53. The van der Waals surface area contributed by atoms with Crippen LogP contribution in [0.3, 0.4) is 0 Å². The molecule has 124 valence electrons. The highest BCUT2D eigenvalue weighted by Gasteiger charge is 2.69. The van der Waals surface area contributed by atoms with E-state index < -0.39 is 31.4 Å². The summed E-state index contributed by atoms with van der Waals surface area (Å²) in [6.45, 7) is 1.31. The number of hydrogen-bond acceptors (Lipinski definition) is 3. The fourth-order valence-corrected chi connectivity index (χ4v) is 2.26. The van der Waals surface area contributed by atoms with Crippen LogP contribution in [-0.4, -0.2) is 49.3 Å². The second-order valence-corrected chi connectivity index (χ2v) is 7.59. The predicted octanol–water partition coefficient (Wildman–Crippen LogP) is 4.59. The van der Waals surface area contributed by atoms with Crippen LogP contribution in [-0.2, 0) is 0 Å². The van der Waals surface area contributed by atoms with Gasteiger partial charge in [0.25, 0.3) is 0 Å². The van der Waals surface area contributed by atoms with Gasteiger partial charge >= 0.3 is 12.2 Å². The van der Waals surface area contributed by atoms with Gasteiger partial charge in [-0.25, -0.2) is 0 Å². The molecule has 3 nitrogen and oxygen atoms in total. The molecule has 21 heavy (non-hydrogen) atoms. The lowest BCUT2D eigenvalue weighted by molar-refractivity contribution is -0.334. The molecule has 0 fully saturated rings. The van der Waals surface area contributed by atoms with Gasteiger partial charge in [-0.1, -0.05) is 58.0 Å². The first-order valence-corrected chi connectivity index (χ1v) is 7.05. The third kappa shape index (κ3) is 3.34. The summed E-state index contributed by atoms with van der Waals surface area (Å²) in [6, 6.07) is -5.31. The Hall–Kier alpha value is 0.370. The van der Waals surface area contributed by atoms with Gasteiger partial charge < -0.3 is 0 Å². The minimum absolute atomic E-state index is 0.104. The highest BCUT2D eigenvalue weighted by molar-refractivity contribution is 6.75. The van der Waals surface area contributed by atoms with E-state index in [2.05, 4.69) is 5.10 Å². The number of halogens is 10. The molecule has 13 heteroatoms. The molecule has 0 N–H and O–H groups in total. The van der Waals surface area contributed by atoms with Crippen molar-refractivity contribution in [1.82, 2.24) is 9.91 Å². The van der Waals surface area contributed by atoms with E-state index >= 15 is 0 Å². The van der Waals surface area contributed by atoms with Gasteiger partial charge in [0.1, 0.15) is 6.34 Å². The van der Waals surface area contributed by atoms with E-state index in [1.54, 1.807) is 0 Å². The Morgan fingerprint density at radius 3 is 1.86 bits per heavy atom. The first kappa shape index (κ1) is 19.4. The average molecular weight is 417 g/mol. The summed E-state index contributed by atoms with van der Waals surface area (Å²) < 4.78 is 59.5. The Balaban J connectivity index is 3.31. The lowest BCUT2D eigenvalue weighted by Crippen LogP contribution is -2.64. The molecule has 1 unspecified atom stereocenters. The summed E-state index contributed by atoms with van der Waals surface area (Å²) in [5.74, 6) is 0. The molecule has 0 saturated carbocycles. The Kier molecular flexibility index (Phi) is 5.34. The topological polar surface area (TPSA) is 18.8 Å². The average Bonchev–Trinajstić information content (AvgIpc) is 2.70. The van der Waals surface area contributed by atoms with Crippen LogP contribution in [0.5, 0.6) is 0 Å². The van der Waals surface area contributed by atoms with Crippen molar-refractivity contribution in [3.05, 3.63) is 0 Å². The third-order valence-electron chi connectivity index (χ3n) is 2.56. The normalized spacial score (nSPS) is 21.4. The van der Waals surface area contributed by atoms with Crippen molar-refractivity contribution >= 4 is 64.3 Å². The highest BCUT2D eigenvalue weighted by atomic mass is 35.6. The van der Waals surface area contributed by atoms with E-state index in [1.165, 1.54) is 6.92 Å². The third-order valence-corrected chi connectivity index (χ3v) is 4.99. The summed E-state index contributed by atoms with van der Waals surface area (Å²) in [4.78, 5) is -0.488. The molecule has 0 spiro atoms. The molecule has 0 radical (unpaired) electrons. The van der Waals surface area contributed by atoms with Crippen molar-refractivity contribution in [2.75, 3.05) is 6.54 Å². The zero-order valence-corrected chi connectivity index (χ0v) is 13.8. The second-order valence-electron chi connectivity index (χ2n) is 3.93. The SMILES string of the molecule is CCN1N=CN(C(F)(F)C(F)(F)F)C1C(Cl)(Cl)C(Cl)(Cl)Cl. The maximum atomic E-state index is 13.6. The van der Waals surface area contributed by atoms with Crippen molar-refractivity contribution in [1.29, 1.82) is 0 Å². The monoisotopic (exact) mass is 415 g/mol. The maximum absolute atomic E-state index is 13.6. The zero-order chi connectivity index (χ0) is 16.9. The Morgan fingerprint density at radius 1 is 1.05 bits per heavy atom. The lowest BCUT2D eigenvalue weighted by Gasteiger charge is -2.43. The van der Waals surface area contributed by atoms with Gasteiger partial charge in [0.15, 0.2) is 6.17 Å². The lowest BCUT2D eigenvalue weighted by atomic mass is 10.2. The van der Waals surface area contributed by atoms with E-state index in [0.29, 0.717) is 0 Å². The fourth-order valence-electron chi connectivity index (χ4n) is 1.53. The second kappa shape index (κ2) is 5.78. The number of rotatable bonds is 3. The van der Waals surface area contributed by atoms with Gasteiger partial charge in [-0.15, -0.1) is 0 Å². The van der Waals surface area contributed by atoms with Crippen LogP contribution in [0, 0.1) is 0 Å². The van der Waals surface area contributed by atoms with Crippen LogP contribution in [0.25, 0.3) is 0 Å². The van der Waals surface area contributed by atoms with Gasteiger partial charge in [0.2, 0.25) is 8.13 Å². The molecule has 1 atom stereocenters. The molecule has 0 aromatic carbocycles. The number of hydrazone groups is 1. The molecule has 0 bridgehead atoms. The zero-order valence-electron chi connectivity index (χ0n) is 9.98. The van der Waals surface area contributed by atoms with Crippen LogP contribution < -0.4 is 0 Å². The molecule has 0 saturated heterocycles. The first-order chi connectivity index (χ1) is 9.18. The largest absolute Gasteiger partial charge is 0.475 e. The van der Waals surface area contributed by atoms with Gasteiger partial charge in [-0.3, -0.25) is 9.91 Å². The molecular weight excluding hydrogens is 410 g/mol. The van der Waals surface area contributed by atoms with Crippen molar-refractivity contribution in [3.63, 3.8) is 0 Å². The van der Waals surface area contributed by atoms with Gasteiger partial charge in [-0.05, 0) is 6.92 Å². The molecule has 1 aliphatic heterocycles. The van der Waals surface area contributed by atoms with Crippen LogP contribution in [0.2, 0.25) is 0 Å². The molecule has 1 aliphatic rings. The quantitative estimate of drug-likeness (QED) is 0.380. The Labute approximate surface area is 141 Å². The number of hydrogen-bond donors (Lipinski definition) is 0. The van der Waals surface area contributed by atoms with Crippen molar-refractivity contribution in [2.24, 2.45) is 5.10 Å². The van der Waals surface area contributed by atoms with E-state index in [4.69, 9.17) is 58.0 Å². The fraction of sp³-hybridized carbons (Fsp3) is 0.875. The van der Waals surface area contributed by atoms with Gasteiger partial charge in [0, 0.05) is 6.54 Å². The summed E-state index contributed by atoms with van der Waals surface area (Å²) in [5.41, 5.74) is 0. The van der Waals surface area contributed by atoms with E-state index in [0.717, 1.165) is 5.01 Å². The van der Waals surface area contributed by atoms with Gasteiger partial charge in [-0.2, -0.15) is 27.1 Å². The van der Waals surface area contributed by atoms with Crippen LogP contribution in [0.1, 0.15) is 6.92 Å². The molecule has 0 aromatic rings. The molecular formula is C8H7Cl5F5N3. The van der Waals surface area contributed by atoms with E-state index in [1.807, 2.05) is 0 Å². The van der Waals surface area contributed by atoms with Crippen LogP contribution >= 0.6 is 58.0 Å². The van der Waals surface area contributed by atoms with Crippen LogP contribution in [0.15, 0.2) is 5.10 Å². The predicted molar refractivity (Wildman–Crippen MR) is 72.2 cm³/mol. The number of alkyl halides is 10. The Morgan fingerprint density at radius 2 is 1.52 bits per heavy atom. The standard InChI is InChI=1S/C8H7Cl5F5N3/c1-2-21-4(5(9,10)6(11,12)13)20(3-19-21)8(17,18)7(14,15)16/h3-4H,2H2,1H3. The van der Waals surface area contributed by atoms with Crippen LogP contribution in [0.4, 0.5) is 22.0 Å². The molecule has 1 heterocycles. The molecule has 1 rings (SSSR count). The summed E-state index contributed by atoms with van der Waals surface area (Å²) >= 11 is 28.0. The Bertz CT molecular complexity index is 422. The van der Waals surface area contributed by atoms with Crippen molar-refractivity contribution in [2.45, 2.75) is 33.4 Å². The minimum Gasteiger partial charge on any atom is -0.270 e. The van der Waals surface area contributed by atoms with E-state index in [9.17, 15) is 22.0 Å².